The first-order valence-electron chi connectivity index (χ1n) is 10.8. The highest BCUT2D eigenvalue weighted by atomic mass is 19.3. The van der Waals surface area contributed by atoms with E-state index in [-0.39, 0.29) is 23.3 Å². The molecule has 4 N–H and O–H groups in total. The predicted molar refractivity (Wildman–Crippen MR) is 114 cm³/mol. The number of pyridine rings is 1. The molecule has 1 saturated heterocycles. The number of hydrogen-bond acceptors (Lipinski definition) is 7. The lowest BCUT2D eigenvalue weighted by Crippen LogP contribution is -2.55. The van der Waals surface area contributed by atoms with E-state index in [1.54, 1.807) is 7.11 Å². The molecule has 1 aromatic heterocycles. The van der Waals surface area contributed by atoms with E-state index in [1.807, 2.05) is 6.08 Å². The minimum atomic E-state index is -2.99. The molecule has 9 heteroatoms. The molecule has 31 heavy (non-hydrogen) atoms. The van der Waals surface area contributed by atoms with E-state index in [0.29, 0.717) is 35.5 Å². The molecule has 3 aliphatic rings. The Kier molecular flexibility index (Phi) is 6.16. The molecule has 0 spiro atoms. The third-order valence-corrected chi connectivity index (χ3v) is 6.67. The third kappa shape index (κ3) is 4.67. The fourth-order valence-electron chi connectivity index (χ4n) is 5.09. The van der Waals surface area contributed by atoms with E-state index >= 15 is 0 Å². The Labute approximate surface area is 181 Å². The lowest BCUT2D eigenvalue weighted by atomic mass is 9.98. The molecule has 0 radical (unpaired) electrons. The van der Waals surface area contributed by atoms with Gasteiger partial charge in [0.25, 0.3) is 0 Å². The monoisotopic (exact) mass is 435 g/mol. The van der Waals surface area contributed by atoms with Gasteiger partial charge in [0.05, 0.1) is 11.8 Å². The number of alkyl halides is 2. The highest BCUT2D eigenvalue weighted by Crippen LogP contribution is 2.61. The molecule has 0 amide bonds. The van der Waals surface area contributed by atoms with Crippen molar-refractivity contribution in [2.45, 2.75) is 51.5 Å². The van der Waals surface area contributed by atoms with Crippen LogP contribution in [0.5, 0.6) is 5.75 Å². The lowest BCUT2D eigenvalue weighted by molar-refractivity contribution is -0.0519. The van der Waals surface area contributed by atoms with Crippen LogP contribution >= 0.6 is 0 Å². The number of methoxy groups -OCH3 is 1. The summed E-state index contributed by atoms with van der Waals surface area (Å²) in [6.07, 6.45) is 5.94. The molecule has 170 valence electrons. The summed E-state index contributed by atoms with van der Waals surface area (Å²) in [5, 5.41) is 12.0. The Balaban J connectivity index is 1.44. The topological polar surface area (TPSA) is 96.5 Å². The number of rotatable bonds is 9. The van der Waals surface area contributed by atoms with Crippen molar-refractivity contribution in [3.8, 4) is 5.75 Å². The van der Waals surface area contributed by atoms with Gasteiger partial charge in [-0.3, -0.25) is 4.90 Å². The van der Waals surface area contributed by atoms with Crippen LogP contribution in [0, 0.1) is 23.2 Å². The molecule has 1 aliphatic heterocycles. The molecule has 7 nitrogen and oxygen atoms in total. The highest BCUT2D eigenvalue weighted by molar-refractivity contribution is 6.07. The van der Waals surface area contributed by atoms with Gasteiger partial charge in [-0.2, -0.15) is 8.78 Å². The summed E-state index contributed by atoms with van der Waals surface area (Å²) in [6, 6.07) is 2.21. The first-order chi connectivity index (χ1) is 14.8. The summed E-state index contributed by atoms with van der Waals surface area (Å²) in [5.41, 5.74) is 7.25. The second-order valence-electron chi connectivity index (χ2n) is 9.09. The van der Waals surface area contributed by atoms with Crippen molar-refractivity contribution in [3.63, 3.8) is 0 Å². The first-order valence-corrected chi connectivity index (χ1v) is 10.8. The van der Waals surface area contributed by atoms with Crippen LogP contribution < -0.4 is 15.8 Å². The number of nitrogen functional groups attached to an aromatic ring is 1. The molecule has 2 heterocycles. The molecule has 3 fully saturated rings. The number of ether oxygens (including phenoxy) is 2. The molecule has 1 unspecified atom stereocenters. The van der Waals surface area contributed by atoms with E-state index in [2.05, 4.69) is 33.8 Å². The summed E-state index contributed by atoms with van der Waals surface area (Å²) in [6.45, 7) is 3.20. The van der Waals surface area contributed by atoms with Gasteiger partial charge in [-0.25, -0.2) is 4.98 Å². The number of fused-ring (bicyclic) bond motifs is 1. The van der Waals surface area contributed by atoms with E-state index in [1.165, 1.54) is 25.1 Å². The van der Waals surface area contributed by atoms with Crippen molar-refractivity contribution in [2.75, 3.05) is 25.9 Å². The van der Waals surface area contributed by atoms with Gasteiger partial charge in [-0.05, 0) is 50.7 Å². The Morgan fingerprint density at radius 3 is 2.58 bits per heavy atom. The summed E-state index contributed by atoms with van der Waals surface area (Å²) in [7, 11) is 1.77. The molecule has 1 aromatic rings. The van der Waals surface area contributed by atoms with Gasteiger partial charge in [0.1, 0.15) is 0 Å². The quantitative estimate of drug-likeness (QED) is 0.516. The van der Waals surface area contributed by atoms with Gasteiger partial charge >= 0.3 is 6.61 Å². The fraction of sp³-hybridized carbons (Fsp3) is 0.636. The molecule has 0 aromatic carbocycles. The average molecular weight is 436 g/mol. The summed E-state index contributed by atoms with van der Waals surface area (Å²) >= 11 is 0. The standard InChI is InChI=1S/C22H31F2N5O2/c1-11(2)28-18(7-17(25)12-4-19(31-22(23)24)21(26)27-8-12)20-15-5-13(6-16(15)20)29-9-14(10-29)30-3/h4,7-8,11,13-16,20,22,25,28H,5-6,9-10H2,1-3H3,(H2,26,27)/b18-7-,25-17?/t13?,15-,16+,20+. The maximum atomic E-state index is 12.6. The van der Waals surface area contributed by atoms with Crippen LogP contribution in [0.4, 0.5) is 14.6 Å². The number of aromatic nitrogens is 1. The van der Waals surface area contributed by atoms with Crippen LogP contribution in [0.2, 0.25) is 0 Å². The fourth-order valence-corrected chi connectivity index (χ4v) is 5.09. The number of likely N-dealkylation sites (tertiary alicyclic amines) is 1. The number of nitrogens with zero attached hydrogens (tertiary/aromatic N) is 2. The maximum Gasteiger partial charge on any atom is 0.387 e. The van der Waals surface area contributed by atoms with Gasteiger partial charge in [-0.1, -0.05) is 0 Å². The van der Waals surface area contributed by atoms with E-state index in [4.69, 9.17) is 15.9 Å². The normalized spacial score (nSPS) is 28.5. The van der Waals surface area contributed by atoms with Crippen molar-refractivity contribution < 1.29 is 18.3 Å². The zero-order chi connectivity index (χ0) is 22.3. The van der Waals surface area contributed by atoms with E-state index < -0.39 is 6.61 Å². The summed E-state index contributed by atoms with van der Waals surface area (Å²) in [5.74, 6) is 1.33. The number of hydrogen-bond donors (Lipinski definition) is 3. The molecule has 0 bridgehead atoms. The van der Waals surface area contributed by atoms with Crippen molar-refractivity contribution in [2.24, 2.45) is 17.8 Å². The number of allylic oxidation sites excluding steroid dienone is 2. The Bertz CT molecular complexity index is 844. The van der Waals surface area contributed by atoms with Crippen LogP contribution in [0.1, 0.15) is 32.3 Å². The zero-order valence-corrected chi connectivity index (χ0v) is 18.1. The Hall–Kier alpha value is -2.26. The van der Waals surface area contributed by atoms with Gasteiger partial charge in [0.2, 0.25) is 0 Å². The molecule has 2 aliphatic carbocycles. The van der Waals surface area contributed by atoms with Gasteiger partial charge in [0.15, 0.2) is 11.6 Å². The van der Waals surface area contributed by atoms with Gasteiger partial charge in [0, 0.05) is 55.7 Å². The summed E-state index contributed by atoms with van der Waals surface area (Å²) in [4.78, 5) is 6.43. The van der Waals surface area contributed by atoms with E-state index in [9.17, 15) is 8.78 Å². The smallest absolute Gasteiger partial charge is 0.387 e. The Morgan fingerprint density at radius 2 is 2.00 bits per heavy atom. The number of nitrogens with two attached hydrogens (primary N) is 1. The van der Waals surface area contributed by atoms with Crippen molar-refractivity contribution >= 4 is 11.5 Å². The SMILES string of the molecule is COC1CN(C2C[C@@H]3[C@H](C2)[C@H]3/C(=C/C(=N)c2cnc(N)c(OC(F)F)c2)NC(C)C)C1. The highest BCUT2D eigenvalue weighted by Gasteiger charge is 2.59. The molecule has 2 saturated carbocycles. The van der Waals surface area contributed by atoms with Crippen LogP contribution in [-0.4, -0.2) is 60.6 Å². The number of halogens is 2. The van der Waals surface area contributed by atoms with E-state index in [0.717, 1.165) is 18.8 Å². The first kappa shape index (κ1) is 22.0. The molecular weight excluding hydrogens is 404 g/mol. The minimum Gasteiger partial charge on any atom is -0.431 e. The molecular formula is C22H31F2N5O2. The minimum absolute atomic E-state index is 0.120. The van der Waals surface area contributed by atoms with Crippen LogP contribution in [0.15, 0.2) is 24.0 Å². The van der Waals surface area contributed by atoms with Crippen molar-refractivity contribution in [1.82, 2.24) is 15.2 Å². The van der Waals surface area contributed by atoms with Crippen LogP contribution in [-0.2, 0) is 4.74 Å². The van der Waals surface area contributed by atoms with Gasteiger partial charge < -0.3 is 25.9 Å². The van der Waals surface area contributed by atoms with Crippen molar-refractivity contribution in [3.05, 3.63) is 29.6 Å². The Morgan fingerprint density at radius 1 is 1.32 bits per heavy atom. The molecule has 4 rings (SSSR count). The zero-order valence-electron chi connectivity index (χ0n) is 18.1. The van der Waals surface area contributed by atoms with Crippen LogP contribution in [0.25, 0.3) is 0 Å². The van der Waals surface area contributed by atoms with Gasteiger partial charge in [-0.15, -0.1) is 0 Å². The molecule has 4 atom stereocenters. The predicted octanol–water partition coefficient (Wildman–Crippen LogP) is 2.87. The second kappa shape index (κ2) is 8.70. The summed E-state index contributed by atoms with van der Waals surface area (Å²) < 4.78 is 35.0. The van der Waals surface area contributed by atoms with Crippen molar-refractivity contribution in [1.29, 1.82) is 5.41 Å². The number of anilines is 1. The van der Waals surface area contributed by atoms with Crippen LogP contribution in [0.3, 0.4) is 0 Å². The maximum absolute atomic E-state index is 12.6. The lowest BCUT2D eigenvalue weighted by Gasteiger charge is -2.43. The average Bonchev–Trinajstić information content (AvgIpc) is 3.15. The largest absolute Gasteiger partial charge is 0.431 e. The second-order valence-corrected chi connectivity index (χ2v) is 9.09. The third-order valence-electron chi connectivity index (χ3n) is 6.67. The number of nitrogens with one attached hydrogen (secondary N) is 2.